The van der Waals surface area contributed by atoms with E-state index in [1.54, 1.807) is 36.4 Å². The molecule has 0 radical (unpaired) electrons. The number of sulfone groups is 1. The highest BCUT2D eigenvalue weighted by Gasteiger charge is 2.24. The van der Waals surface area contributed by atoms with E-state index in [9.17, 15) is 21.6 Å². The van der Waals surface area contributed by atoms with E-state index in [4.69, 9.17) is 0 Å². The van der Waals surface area contributed by atoms with E-state index >= 15 is 0 Å². The van der Waals surface area contributed by atoms with E-state index in [-0.39, 0.29) is 28.0 Å². The Kier molecular flexibility index (Phi) is 9.41. The van der Waals surface area contributed by atoms with Crippen LogP contribution in [0.2, 0.25) is 0 Å². The van der Waals surface area contributed by atoms with Crippen molar-refractivity contribution in [3.8, 4) is 11.1 Å². The van der Waals surface area contributed by atoms with Crippen molar-refractivity contribution < 1.29 is 21.6 Å². The van der Waals surface area contributed by atoms with Gasteiger partial charge in [0.05, 0.1) is 16.2 Å². The van der Waals surface area contributed by atoms with Gasteiger partial charge in [-0.05, 0) is 71.9 Å². The molecule has 9 heteroatoms. The van der Waals surface area contributed by atoms with Gasteiger partial charge in [-0.1, -0.05) is 70.2 Å². The van der Waals surface area contributed by atoms with Gasteiger partial charge in [0.15, 0.2) is 9.84 Å². The highest BCUT2D eigenvalue weighted by Crippen LogP contribution is 2.36. The second kappa shape index (κ2) is 12.0. The van der Waals surface area contributed by atoms with Crippen LogP contribution in [0.5, 0.6) is 0 Å². The van der Waals surface area contributed by atoms with Gasteiger partial charge < -0.3 is 4.90 Å². The maximum atomic E-state index is 13.1. The minimum Gasteiger partial charge on any atom is -0.305 e. The van der Waals surface area contributed by atoms with Crippen LogP contribution in [0.25, 0.3) is 11.1 Å². The standard InChI is InChI=1S/C30H38N2O5S2/c1-20(2)26-16-23(25-10-8-9-11-29(25)38(7,34)35)17-27(21(3)4)28(26)18-30(33)31-39(36,37)24-14-12-22(13-15-24)19-32(5)6/h8-17,20-21H,18-19H2,1-7H3,(H,31,33). The van der Waals surface area contributed by atoms with E-state index in [0.717, 1.165) is 27.8 Å². The van der Waals surface area contributed by atoms with Crippen LogP contribution in [0, 0.1) is 0 Å². The van der Waals surface area contributed by atoms with Crippen LogP contribution < -0.4 is 4.72 Å². The lowest BCUT2D eigenvalue weighted by Crippen LogP contribution is -2.32. The van der Waals surface area contributed by atoms with Gasteiger partial charge in [-0.3, -0.25) is 4.79 Å². The molecule has 0 saturated heterocycles. The van der Waals surface area contributed by atoms with Gasteiger partial charge in [-0.2, -0.15) is 0 Å². The largest absolute Gasteiger partial charge is 0.305 e. The SMILES string of the molecule is CC(C)c1cc(-c2ccccc2S(C)(=O)=O)cc(C(C)C)c1CC(=O)NS(=O)(=O)c1ccc(CN(C)C)cc1. The fourth-order valence-electron chi connectivity index (χ4n) is 4.68. The minimum atomic E-state index is -4.04. The van der Waals surface area contributed by atoms with Gasteiger partial charge in [0.25, 0.3) is 10.0 Å². The molecule has 3 aromatic carbocycles. The number of hydrogen-bond donors (Lipinski definition) is 1. The molecule has 0 fully saturated rings. The van der Waals surface area contributed by atoms with Gasteiger partial charge >= 0.3 is 0 Å². The summed E-state index contributed by atoms with van der Waals surface area (Å²) < 4.78 is 53.1. The van der Waals surface area contributed by atoms with Crippen molar-refractivity contribution in [2.24, 2.45) is 0 Å². The zero-order valence-corrected chi connectivity index (χ0v) is 25.3. The number of carbonyl (C=O) groups is 1. The van der Waals surface area contributed by atoms with Crippen LogP contribution in [-0.4, -0.2) is 48.0 Å². The second-order valence-electron chi connectivity index (χ2n) is 10.8. The molecule has 0 aliphatic heterocycles. The second-order valence-corrected chi connectivity index (χ2v) is 14.5. The number of hydrogen-bond acceptors (Lipinski definition) is 6. The average molecular weight is 571 g/mol. The van der Waals surface area contributed by atoms with Crippen LogP contribution in [0.1, 0.15) is 61.8 Å². The number of nitrogens with zero attached hydrogens (tertiary/aromatic N) is 1. The molecule has 0 aliphatic carbocycles. The third-order valence-corrected chi connectivity index (χ3v) is 9.02. The summed E-state index contributed by atoms with van der Waals surface area (Å²) in [5.41, 5.74) is 4.82. The predicted molar refractivity (Wildman–Crippen MR) is 156 cm³/mol. The topological polar surface area (TPSA) is 101 Å². The van der Waals surface area contributed by atoms with E-state index in [1.807, 2.05) is 58.8 Å². The number of rotatable bonds is 10. The Balaban J connectivity index is 2.00. The van der Waals surface area contributed by atoms with E-state index < -0.39 is 25.8 Å². The van der Waals surface area contributed by atoms with Crippen molar-refractivity contribution in [3.05, 3.63) is 82.9 Å². The summed E-state index contributed by atoms with van der Waals surface area (Å²) in [6.45, 7) is 8.67. The first-order chi connectivity index (χ1) is 18.1. The summed E-state index contributed by atoms with van der Waals surface area (Å²) in [6.07, 6.45) is 1.07. The van der Waals surface area contributed by atoms with Crippen LogP contribution in [0.3, 0.4) is 0 Å². The first kappa shape index (κ1) is 30.5. The van der Waals surface area contributed by atoms with Gasteiger partial charge in [-0.15, -0.1) is 0 Å². The van der Waals surface area contributed by atoms with Crippen LogP contribution >= 0.6 is 0 Å². The number of amides is 1. The first-order valence-corrected chi connectivity index (χ1v) is 16.2. The van der Waals surface area contributed by atoms with Crippen molar-refractivity contribution >= 4 is 25.8 Å². The smallest absolute Gasteiger partial charge is 0.264 e. The molecule has 0 aromatic heterocycles. The van der Waals surface area contributed by atoms with Crippen molar-refractivity contribution in [1.29, 1.82) is 0 Å². The van der Waals surface area contributed by atoms with Gasteiger partial charge in [0.2, 0.25) is 5.91 Å². The quantitative estimate of drug-likeness (QED) is 0.364. The zero-order chi connectivity index (χ0) is 29.1. The molecule has 0 bridgehead atoms. The summed E-state index contributed by atoms with van der Waals surface area (Å²) in [6, 6.07) is 17.2. The lowest BCUT2D eigenvalue weighted by Gasteiger charge is -2.22. The molecule has 7 nitrogen and oxygen atoms in total. The highest BCUT2D eigenvalue weighted by atomic mass is 32.2. The fraction of sp³-hybridized carbons (Fsp3) is 0.367. The maximum Gasteiger partial charge on any atom is 0.264 e. The molecule has 3 rings (SSSR count). The van der Waals surface area contributed by atoms with Crippen molar-refractivity contribution in [3.63, 3.8) is 0 Å². The number of carbonyl (C=O) groups excluding carboxylic acids is 1. The Labute approximate surface area is 233 Å². The van der Waals surface area contributed by atoms with Crippen molar-refractivity contribution in [2.75, 3.05) is 20.4 Å². The Morgan fingerprint density at radius 1 is 0.846 bits per heavy atom. The molecule has 0 heterocycles. The van der Waals surface area contributed by atoms with E-state index in [0.29, 0.717) is 12.1 Å². The lowest BCUT2D eigenvalue weighted by atomic mass is 9.84. The van der Waals surface area contributed by atoms with Crippen LogP contribution in [0.15, 0.2) is 70.5 Å². The maximum absolute atomic E-state index is 13.1. The van der Waals surface area contributed by atoms with E-state index in [1.165, 1.54) is 18.4 Å². The summed E-state index contributed by atoms with van der Waals surface area (Å²) in [5.74, 6) is -0.603. The molecule has 1 N–H and O–H groups in total. The molecule has 0 spiro atoms. The predicted octanol–water partition coefficient (Wildman–Crippen LogP) is 5.11. The molecular formula is C30H38N2O5S2. The van der Waals surface area contributed by atoms with Gasteiger partial charge in [-0.25, -0.2) is 21.6 Å². The number of nitrogens with one attached hydrogen (secondary N) is 1. The van der Waals surface area contributed by atoms with Crippen LogP contribution in [0.4, 0.5) is 0 Å². The molecule has 3 aromatic rings. The highest BCUT2D eigenvalue weighted by molar-refractivity contribution is 7.91. The van der Waals surface area contributed by atoms with Gasteiger partial charge in [0, 0.05) is 18.4 Å². The third kappa shape index (κ3) is 7.56. The molecule has 210 valence electrons. The van der Waals surface area contributed by atoms with Crippen LogP contribution in [-0.2, 0) is 37.6 Å². The number of benzene rings is 3. The Bertz CT molecular complexity index is 1530. The fourth-order valence-corrected chi connectivity index (χ4v) is 6.58. The first-order valence-electron chi connectivity index (χ1n) is 12.9. The summed E-state index contributed by atoms with van der Waals surface area (Å²) in [5, 5.41) is 0. The molecular weight excluding hydrogens is 532 g/mol. The minimum absolute atomic E-state index is 0.0106. The third-order valence-electron chi connectivity index (χ3n) is 6.48. The molecule has 0 aliphatic rings. The molecule has 0 unspecified atom stereocenters. The average Bonchev–Trinajstić information content (AvgIpc) is 2.82. The normalized spacial score (nSPS) is 12.4. The summed E-state index contributed by atoms with van der Waals surface area (Å²) in [7, 11) is -3.65. The van der Waals surface area contributed by atoms with Crippen molar-refractivity contribution in [2.45, 2.75) is 62.3 Å². The zero-order valence-electron chi connectivity index (χ0n) is 23.6. The molecule has 0 saturated carbocycles. The van der Waals surface area contributed by atoms with Crippen molar-refractivity contribution in [1.82, 2.24) is 9.62 Å². The Morgan fingerprint density at radius 3 is 1.87 bits per heavy atom. The Morgan fingerprint density at radius 2 is 1.38 bits per heavy atom. The lowest BCUT2D eigenvalue weighted by molar-refractivity contribution is -0.118. The summed E-state index contributed by atoms with van der Waals surface area (Å²) in [4.78, 5) is 15.4. The number of sulfonamides is 1. The molecule has 0 atom stereocenters. The summed E-state index contributed by atoms with van der Waals surface area (Å²) >= 11 is 0. The van der Waals surface area contributed by atoms with E-state index in [2.05, 4.69) is 4.72 Å². The Hall–Kier alpha value is -3.01. The monoisotopic (exact) mass is 570 g/mol. The molecule has 1 amide bonds. The van der Waals surface area contributed by atoms with Gasteiger partial charge in [0.1, 0.15) is 0 Å². The molecule has 39 heavy (non-hydrogen) atoms.